The average molecular weight is 380 g/mol. The lowest BCUT2D eigenvalue weighted by atomic mass is 9.85. The van der Waals surface area contributed by atoms with Crippen molar-refractivity contribution in [3.63, 3.8) is 0 Å². The van der Waals surface area contributed by atoms with Crippen LogP contribution in [0.1, 0.15) is 25.7 Å². The minimum atomic E-state index is -3.85. The molecule has 3 N–H and O–H groups in total. The number of rotatable bonds is 6. The molecule has 1 fully saturated rings. The molecule has 0 aliphatic heterocycles. The van der Waals surface area contributed by atoms with E-state index in [4.69, 9.17) is 10.5 Å². The van der Waals surface area contributed by atoms with Crippen LogP contribution in [0.25, 0.3) is 0 Å². The molecule has 0 aromatic heterocycles. The average Bonchev–Trinajstić information content (AvgIpc) is 2.54. The smallest absolute Gasteiger partial charge is 0.312 e. The number of hydrogen-bond donors (Lipinski definition) is 2. The number of hydrogen-bond acceptors (Lipinski definition) is 6. The van der Waals surface area contributed by atoms with Crippen LogP contribution in [0.3, 0.4) is 0 Å². The number of sulfonamides is 1. The summed E-state index contributed by atoms with van der Waals surface area (Å²) in [6.07, 6.45) is 3.58. The van der Waals surface area contributed by atoms with E-state index in [1.165, 1.54) is 19.2 Å². The van der Waals surface area contributed by atoms with Crippen molar-refractivity contribution in [1.82, 2.24) is 4.72 Å². The van der Waals surface area contributed by atoms with E-state index in [1.807, 2.05) is 0 Å². The molecule has 0 saturated heterocycles. The van der Waals surface area contributed by atoms with E-state index in [-0.39, 0.29) is 40.7 Å². The lowest BCUT2D eigenvalue weighted by molar-refractivity contribution is -0.386. The van der Waals surface area contributed by atoms with Gasteiger partial charge in [-0.3, -0.25) is 10.1 Å². The molecule has 0 heterocycles. The largest absolute Gasteiger partial charge is 0.490 e. The van der Waals surface area contributed by atoms with Gasteiger partial charge in [-0.05, 0) is 37.4 Å². The van der Waals surface area contributed by atoms with Crippen LogP contribution in [-0.2, 0) is 10.0 Å². The standard InChI is InChI=1S/C14H21N3O5S.ClH/c1-22-14-7-6-11(8-13(14)17(18)19)23(20,21)16-12-5-3-2-4-10(12)9-15;/h6-8,10,12,16H,2-5,9,15H2,1H3;1H. The zero-order valence-electron chi connectivity index (χ0n) is 13.3. The van der Waals surface area contributed by atoms with Crippen LogP contribution >= 0.6 is 12.4 Å². The fourth-order valence-electron chi connectivity index (χ4n) is 2.89. The van der Waals surface area contributed by atoms with Gasteiger partial charge in [0.2, 0.25) is 10.0 Å². The third-order valence-electron chi connectivity index (χ3n) is 4.18. The van der Waals surface area contributed by atoms with Crippen LogP contribution in [0.5, 0.6) is 5.75 Å². The van der Waals surface area contributed by atoms with E-state index < -0.39 is 14.9 Å². The molecule has 1 aromatic rings. The second kappa shape index (κ2) is 8.61. The number of nitro benzene ring substituents is 1. The van der Waals surface area contributed by atoms with Gasteiger partial charge in [0.05, 0.1) is 16.9 Å². The molecule has 8 nitrogen and oxygen atoms in total. The molecule has 136 valence electrons. The zero-order chi connectivity index (χ0) is 17.0. The van der Waals surface area contributed by atoms with E-state index in [0.717, 1.165) is 31.7 Å². The van der Waals surface area contributed by atoms with Crippen LogP contribution in [0.4, 0.5) is 5.69 Å². The number of nitrogens with zero attached hydrogens (tertiary/aromatic N) is 1. The molecular weight excluding hydrogens is 358 g/mol. The Balaban J connectivity index is 0.00000288. The van der Waals surface area contributed by atoms with E-state index in [2.05, 4.69) is 4.72 Å². The highest BCUT2D eigenvalue weighted by Crippen LogP contribution is 2.30. The third kappa shape index (κ3) is 4.56. The summed E-state index contributed by atoms with van der Waals surface area (Å²) in [5.41, 5.74) is 5.33. The summed E-state index contributed by atoms with van der Waals surface area (Å²) in [6, 6.07) is 3.36. The molecule has 0 bridgehead atoms. The molecule has 1 aliphatic rings. The number of halogens is 1. The third-order valence-corrected chi connectivity index (χ3v) is 5.66. The van der Waals surface area contributed by atoms with Crippen molar-refractivity contribution >= 4 is 28.1 Å². The van der Waals surface area contributed by atoms with E-state index >= 15 is 0 Å². The molecule has 1 aromatic carbocycles. The van der Waals surface area contributed by atoms with Crippen molar-refractivity contribution in [2.45, 2.75) is 36.6 Å². The fourth-order valence-corrected chi connectivity index (χ4v) is 4.25. The van der Waals surface area contributed by atoms with Crippen LogP contribution < -0.4 is 15.2 Å². The van der Waals surface area contributed by atoms with Crippen LogP contribution in [0.2, 0.25) is 0 Å². The van der Waals surface area contributed by atoms with Gasteiger partial charge in [-0.15, -0.1) is 12.4 Å². The van der Waals surface area contributed by atoms with Crippen molar-refractivity contribution in [2.75, 3.05) is 13.7 Å². The molecular formula is C14H22ClN3O5S. The van der Waals surface area contributed by atoms with Gasteiger partial charge in [-0.25, -0.2) is 13.1 Å². The van der Waals surface area contributed by atoms with Gasteiger partial charge in [0, 0.05) is 12.1 Å². The maximum absolute atomic E-state index is 12.5. The summed E-state index contributed by atoms with van der Waals surface area (Å²) < 4.78 is 32.6. The van der Waals surface area contributed by atoms with Gasteiger partial charge >= 0.3 is 5.69 Å². The molecule has 0 radical (unpaired) electrons. The molecule has 2 rings (SSSR count). The predicted molar refractivity (Wildman–Crippen MR) is 92.0 cm³/mol. The molecule has 2 unspecified atom stereocenters. The topological polar surface area (TPSA) is 125 Å². The van der Waals surface area contributed by atoms with Gasteiger partial charge in [0.15, 0.2) is 5.75 Å². The first-order valence-electron chi connectivity index (χ1n) is 7.44. The molecule has 0 spiro atoms. The van der Waals surface area contributed by atoms with Crippen molar-refractivity contribution < 1.29 is 18.1 Å². The summed E-state index contributed by atoms with van der Waals surface area (Å²) >= 11 is 0. The van der Waals surface area contributed by atoms with E-state index in [1.54, 1.807) is 0 Å². The highest BCUT2D eigenvalue weighted by molar-refractivity contribution is 7.89. The molecule has 10 heteroatoms. The maximum atomic E-state index is 12.5. The molecule has 1 saturated carbocycles. The Hall–Kier alpha value is -1.42. The zero-order valence-corrected chi connectivity index (χ0v) is 14.9. The first-order valence-corrected chi connectivity index (χ1v) is 8.92. The van der Waals surface area contributed by atoms with E-state index in [9.17, 15) is 18.5 Å². The highest BCUT2D eigenvalue weighted by Gasteiger charge is 2.30. The first kappa shape index (κ1) is 20.6. The lowest BCUT2D eigenvalue weighted by Gasteiger charge is -2.31. The summed E-state index contributed by atoms with van der Waals surface area (Å²) in [5.74, 6) is 0.109. The number of methoxy groups -OCH3 is 1. The quantitative estimate of drug-likeness (QED) is 0.573. The fraction of sp³-hybridized carbons (Fsp3) is 0.571. The molecule has 0 amide bonds. The number of nitrogens with one attached hydrogen (secondary N) is 1. The monoisotopic (exact) mass is 379 g/mol. The van der Waals surface area contributed by atoms with Gasteiger partial charge in [-0.2, -0.15) is 0 Å². The van der Waals surface area contributed by atoms with Gasteiger partial charge in [0.25, 0.3) is 0 Å². The van der Waals surface area contributed by atoms with Crippen molar-refractivity contribution in [3.05, 3.63) is 28.3 Å². The summed E-state index contributed by atoms with van der Waals surface area (Å²) in [5, 5.41) is 11.0. The van der Waals surface area contributed by atoms with Gasteiger partial charge < -0.3 is 10.5 Å². The number of nitro groups is 1. The summed E-state index contributed by atoms with van der Waals surface area (Å²) in [7, 11) is -2.56. The minimum absolute atomic E-state index is 0. The SMILES string of the molecule is COc1ccc(S(=O)(=O)NC2CCCCC2CN)cc1[N+](=O)[O-].Cl. The van der Waals surface area contributed by atoms with Crippen molar-refractivity contribution in [3.8, 4) is 5.75 Å². The number of benzene rings is 1. The maximum Gasteiger partial charge on any atom is 0.312 e. The van der Waals surface area contributed by atoms with Crippen molar-refractivity contribution in [2.24, 2.45) is 11.7 Å². The number of ether oxygens (including phenoxy) is 1. The Labute approximate surface area is 147 Å². The second-order valence-corrected chi connectivity index (χ2v) is 7.31. The molecule has 2 atom stereocenters. The van der Waals surface area contributed by atoms with Crippen molar-refractivity contribution in [1.29, 1.82) is 0 Å². The Morgan fingerprint density at radius 1 is 1.38 bits per heavy atom. The van der Waals surface area contributed by atoms with Crippen LogP contribution in [0, 0.1) is 16.0 Å². The Kier molecular flexibility index (Phi) is 7.40. The first-order chi connectivity index (χ1) is 10.9. The number of nitrogens with two attached hydrogens (primary N) is 1. The molecule has 1 aliphatic carbocycles. The summed E-state index contributed by atoms with van der Waals surface area (Å²) in [4.78, 5) is 10.2. The Bertz CT molecular complexity index is 683. The van der Waals surface area contributed by atoms with Gasteiger partial charge in [-0.1, -0.05) is 12.8 Å². The predicted octanol–water partition coefficient (Wildman–Crippen LogP) is 1.82. The lowest BCUT2D eigenvalue weighted by Crippen LogP contribution is -2.44. The van der Waals surface area contributed by atoms with E-state index in [0.29, 0.717) is 6.54 Å². The normalized spacial score (nSPS) is 20.9. The van der Waals surface area contributed by atoms with Crippen LogP contribution in [-0.4, -0.2) is 33.0 Å². The second-order valence-electron chi connectivity index (χ2n) is 5.60. The Morgan fingerprint density at radius 3 is 2.62 bits per heavy atom. The van der Waals surface area contributed by atoms with Crippen LogP contribution in [0.15, 0.2) is 23.1 Å². The summed E-state index contributed by atoms with van der Waals surface area (Å²) in [6.45, 7) is 0.413. The molecule has 24 heavy (non-hydrogen) atoms. The highest BCUT2D eigenvalue weighted by atomic mass is 35.5. The minimum Gasteiger partial charge on any atom is -0.490 e. The Morgan fingerprint density at radius 2 is 2.04 bits per heavy atom. The van der Waals surface area contributed by atoms with Gasteiger partial charge in [0.1, 0.15) is 0 Å².